The maximum atomic E-state index is 14.4. The highest BCUT2D eigenvalue weighted by atomic mass is 19.3. The largest absolute Gasteiger partial charge is 0.309 e. The lowest BCUT2D eigenvalue weighted by Crippen LogP contribution is -2.52. The van der Waals surface area contributed by atoms with Gasteiger partial charge in [-0.25, -0.2) is 13.2 Å². The molecule has 134 valence electrons. The minimum atomic E-state index is -3.37. The minimum Gasteiger partial charge on any atom is -0.309 e. The summed E-state index contributed by atoms with van der Waals surface area (Å²) in [5.41, 5.74) is 0.213. The van der Waals surface area contributed by atoms with Gasteiger partial charge >= 0.3 is 0 Å². The van der Waals surface area contributed by atoms with Crippen LogP contribution in [-0.2, 0) is 22.6 Å². The third kappa shape index (κ3) is 2.12. The Morgan fingerprint density at radius 3 is 2.77 bits per heavy atom. The average Bonchev–Trinajstić information content (AvgIpc) is 2.98. The zero-order valence-electron chi connectivity index (χ0n) is 14.2. The van der Waals surface area contributed by atoms with E-state index in [1.165, 1.54) is 7.05 Å². The molecule has 2 aliphatic rings. The number of halogens is 3. The van der Waals surface area contributed by atoms with Crippen LogP contribution in [0.15, 0.2) is 35.5 Å². The summed E-state index contributed by atoms with van der Waals surface area (Å²) in [4.78, 5) is 21.4. The van der Waals surface area contributed by atoms with Crippen molar-refractivity contribution in [3.8, 4) is 0 Å². The topological polar surface area (TPSA) is 54.4 Å². The smallest absolute Gasteiger partial charge is 0.273 e. The highest BCUT2D eigenvalue weighted by molar-refractivity contribution is 6.17. The number of fused-ring (bicyclic) bond motifs is 4. The van der Waals surface area contributed by atoms with Gasteiger partial charge in [-0.1, -0.05) is 6.07 Å². The van der Waals surface area contributed by atoms with Crippen LogP contribution in [0.1, 0.15) is 41.3 Å². The van der Waals surface area contributed by atoms with E-state index in [4.69, 9.17) is 0 Å². The van der Waals surface area contributed by atoms with Crippen molar-refractivity contribution in [2.75, 3.05) is 7.05 Å². The maximum Gasteiger partial charge on any atom is 0.273 e. The first kappa shape index (κ1) is 16.8. The van der Waals surface area contributed by atoms with Crippen LogP contribution in [0.5, 0.6) is 0 Å². The number of aliphatic imine (C=N–C) groups is 1. The number of nitrogens with zero attached hydrogens (tertiary/aromatic N) is 2. The third-order valence-corrected chi connectivity index (χ3v) is 5.23. The Kier molecular flexibility index (Phi) is 3.48. The number of carbonyl (C=O) groups excluding carboxylic acids is 1. The Labute approximate surface area is 148 Å². The van der Waals surface area contributed by atoms with Crippen LogP contribution in [0, 0.1) is 5.82 Å². The van der Waals surface area contributed by atoms with E-state index in [-0.39, 0.29) is 11.7 Å². The standard InChI is InChI=1S/C19H16F3N3O/c1-18(21,22)13-9-12-10(8-14(13)20)16(23-2)25-17(26)19(12)6-5-15-11(19)4-3-7-24-15/h3-4,7-9H,5-6H2,1-2H3,(H,23,25,26)/t19-/m1/s1. The molecule has 1 amide bonds. The number of benzene rings is 1. The Morgan fingerprint density at radius 1 is 1.31 bits per heavy atom. The van der Waals surface area contributed by atoms with Crippen molar-refractivity contribution in [3.05, 3.63) is 64.2 Å². The SMILES string of the molecule is CN=C1NC(=O)[C@@]2(CCc3ncccc32)c2cc(C(C)(F)F)c(F)cc21. The Morgan fingerprint density at radius 2 is 2.08 bits per heavy atom. The second-order valence-electron chi connectivity index (χ2n) is 6.70. The number of alkyl halides is 2. The van der Waals surface area contributed by atoms with Gasteiger partial charge < -0.3 is 5.32 Å². The second-order valence-corrected chi connectivity index (χ2v) is 6.70. The normalized spacial score (nSPS) is 23.1. The number of carbonyl (C=O) groups is 1. The molecule has 1 spiro atoms. The van der Waals surface area contributed by atoms with Gasteiger partial charge in [0.15, 0.2) is 0 Å². The number of aryl methyl sites for hydroxylation is 1. The van der Waals surface area contributed by atoms with Gasteiger partial charge in [0.25, 0.3) is 5.92 Å². The molecule has 1 aromatic heterocycles. The van der Waals surface area contributed by atoms with Crippen molar-refractivity contribution in [3.63, 3.8) is 0 Å². The van der Waals surface area contributed by atoms with Crippen LogP contribution in [-0.4, -0.2) is 23.8 Å². The lowest BCUT2D eigenvalue weighted by molar-refractivity contribution is -0.124. The Hall–Kier alpha value is -2.70. The van der Waals surface area contributed by atoms with E-state index in [2.05, 4.69) is 15.3 Å². The molecule has 1 aliphatic carbocycles. The summed E-state index contributed by atoms with van der Waals surface area (Å²) in [6.07, 6.45) is 2.56. The number of nitrogens with one attached hydrogen (secondary N) is 1. The second kappa shape index (κ2) is 5.40. The molecule has 2 aromatic rings. The van der Waals surface area contributed by atoms with E-state index >= 15 is 0 Å². The van der Waals surface area contributed by atoms with E-state index in [0.29, 0.717) is 36.5 Å². The summed E-state index contributed by atoms with van der Waals surface area (Å²) in [6, 6.07) is 5.65. The summed E-state index contributed by atoms with van der Waals surface area (Å²) in [7, 11) is 1.46. The predicted molar refractivity (Wildman–Crippen MR) is 89.9 cm³/mol. The van der Waals surface area contributed by atoms with E-state index < -0.39 is 22.7 Å². The fourth-order valence-corrected chi connectivity index (χ4v) is 4.02. The number of hydrogen-bond donors (Lipinski definition) is 1. The molecule has 1 atom stereocenters. The van der Waals surface area contributed by atoms with Gasteiger partial charge in [-0.3, -0.25) is 14.8 Å². The van der Waals surface area contributed by atoms with E-state index in [9.17, 15) is 18.0 Å². The Balaban J connectivity index is 2.08. The number of amidine groups is 1. The number of pyridine rings is 1. The fourth-order valence-electron chi connectivity index (χ4n) is 4.02. The van der Waals surface area contributed by atoms with Crippen molar-refractivity contribution in [1.29, 1.82) is 0 Å². The van der Waals surface area contributed by atoms with Gasteiger partial charge in [-0.05, 0) is 42.2 Å². The van der Waals surface area contributed by atoms with Gasteiger partial charge in [0.2, 0.25) is 5.91 Å². The molecule has 1 N–H and O–H groups in total. The van der Waals surface area contributed by atoms with Gasteiger partial charge in [-0.15, -0.1) is 0 Å². The minimum absolute atomic E-state index is 0.179. The molecular formula is C19H16F3N3O. The highest BCUT2D eigenvalue weighted by Crippen LogP contribution is 2.48. The van der Waals surface area contributed by atoms with Gasteiger partial charge in [0, 0.05) is 31.4 Å². The molecule has 0 saturated heterocycles. The molecule has 4 rings (SSSR count). The summed E-state index contributed by atoms with van der Waals surface area (Å²) < 4.78 is 42.3. The van der Waals surface area contributed by atoms with Crippen LogP contribution < -0.4 is 5.32 Å². The first-order chi connectivity index (χ1) is 12.3. The maximum absolute atomic E-state index is 14.4. The Bertz CT molecular complexity index is 965. The molecule has 4 nitrogen and oxygen atoms in total. The van der Waals surface area contributed by atoms with Gasteiger partial charge in [0.05, 0.1) is 5.56 Å². The van der Waals surface area contributed by atoms with Crippen molar-refractivity contribution >= 4 is 11.7 Å². The quantitative estimate of drug-likeness (QED) is 0.851. The molecule has 0 fully saturated rings. The molecule has 0 radical (unpaired) electrons. The summed E-state index contributed by atoms with van der Waals surface area (Å²) in [5.74, 6) is -4.56. The first-order valence-electron chi connectivity index (χ1n) is 8.24. The lowest BCUT2D eigenvalue weighted by atomic mass is 9.70. The monoisotopic (exact) mass is 359 g/mol. The number of amides is 1. The van der Waals surface area contributed by atoms with Crippen molar-refractivity contribution in [2.45, 2.75) is 31.1 Å². The fraction of sp³-hybridized carbons (Fsp3) is 0.316. The van der Waals surface area contributed by atoms with Crippen LogP contribution >= 0.6 is 0 Å². The molecule has 0 saturated carbocycles. The van der Waals surface area contributed by atoms with Crippen LogP contribution in [0.25, 0.3) is 0 Å². The molecule has 2 heterocycles. The van der Waals surface area contributed by atoms with E-state index in [1.54, 1.807) is 18.3 Å². The van der Waals surface area contributed by atoms with Crippen LogP contribution in [0.4, 0.5) is 13.2 Å². The van der Waals surface area contributed by atoms with Gasteiger partial charge in [-0.2, -0.15) is 0 Å². The summed E-state index contributed by atoms with van der Waals surface area (Å²) in [5, 5.41) is 2.71. The molecule has 1 aromatic carbocycles. The van der Waals surface area contributed by atoms with Crippen molar-refractivity contribution in [2.24, 2.45) is 4.99 Å². The van der Waals surface area contributed by atoms with E-state index in [1.807, 2.05) is 0 Å². The number of aromatic nitrogens is 1. The van der Waals surface area contributed by atoms with E-state index in [0.717, 1.165) is 17.8 Å². The molecule has 1 aliphatic heterocycles. The van der Waals surface area contributed by atoms with Crippen LogP contribution in [0.3, 0.4) is 0 Å². The number of hydrogen-bond acceptors (Lipinski definition) is 3. The third-order valence-electron chi connectivity index (χ3n) is 5.23. The lowest BCUT2D eigenvalue weighted by Gasteiger charge is -2.36. The van der Waals surface area contributed by atoms with Crippen molar-refractivity contribution in [1.82, 2.24) is 10.3 Å². The van der Waals surface area contributed by atoms with Gasteiger partial charge in [0.1, 0.15) is 17.1 Å². The molecule has 0 bridgehead atoms. The molecule has 26 heavy (non-hydrogen) atoms. The van der Waals surface area contributed by atoms with Crippen LogP contribution in [0.2, 0.25) is 0 Å². The predicted octanol–water partition coefficient (Wildman–Crippen LogP) is 3.07. The molecule has 7 heteroatoms. The zero-order chi connectivity index (χ0) is 18.7. The average molecular weight is 359 g/mol. The first-order valence-corrected chi connectivity index (χ1v) is 8.24. The molecular weight excluding hydrogens is 343 g/mol. The number of rotatable bonds is 1. The molecule has 0 unspecified atom stereocenters. The summed E-state index contributed by atoms with van der Waals surface area (Å²) in [6.45, 7) is 0.645. The highest BCUT2D eigenvalue weighted by Gasteiger charge is 2.52. The summed E-state index contributed by atoms with van der Waals surface area (Å²) >= 11 is 0. The van der Waals surface area contributed by atoms with Crippen molar-refractivity contribution < 1.29 is 18.0 Å². The zero-order valence-corrected chi connectivity index (χ0v) is 14.2.